The first-order chi connectivity index (χ1) is 11.3. The van der Waals surface area contributed by atoms with E-state index < -0.39 is 0 Å². The monoisotopic (exact) mass is 306 g/mol. The number of fused-ring (bicyclic) bond motifs is 2. The molecule has 0 aliphatic carbocycles. The maximum atomic E-state index is 6.04. The zero-order chi connectivity index (χ0) is 15.6. The van der Waals surface area contributed by atoms with Gasteiger partial charge in [-0.3, -0.25) is 0 Å². The van der Waals surface area contributed by atoms with Crippen LogP contribution < -0.4 is 10.2 Å². The predicted octanol–water partition coefficient (Wildman–Crippen LogP) is 3.69. The van der Waals surface area contributed by atoms with E-state index in [1.54, 1.807) is 0 Å². The second-order valence-electron chi connectivity index (χ2n) is 6.21. The van der Waals surface area contributed by atoms with Crippen LogP contribution in [-0.2, 0) is 4.74 Å². The van der Waals surface area contributed by atoms with Crippen LogP contribution in [0.4, 0.5) is 11.4 Å². The minimum absolute atomic E-state index is 0.183. The number of nitrogens with one attached hydrogen (secondary N) is 1. The third kappa shape index (κ3) is 2.78. The topological polar surface area (TPSA) is 24.5 Å². The van der Waals surface area contributed by atoms with Crippen molar-refractivity contribution in [2.45, 2.75) is 19.1 Å². The Balaban J connectivity index is 1.76. The highest BCUT2D eigenvalue weighted by Gasteiger charge is 2.27. The molecule has 0 spiro atoms. The molecular weight excluding hydrogens is 284 g/mol. The molecule has 118 valence electrons. The molecule has 3 heteroatoms. The molecule has 1 fully saturated rings. The van der Waals surface area contributed by atoms with E-state index in [0.29, 0.717) is 6.04 Å². The zero-order valence-corrected chi connectivity index (χ0v) is 13.4. The molecule has 2 atom stereocenters. The van der Waals surface area contributed by atoms with E-state index in [-0.39, 0.29) is 6.10 Å². The molecule has 23 heavy (non-hydrogen) atoms. The lowest BCUT2D eigenvalue weighted by Crippen LogP contribution is -2.50. The van der Waals surface area contributed by atoms with E-state index in [2.05, 4.69) is 77.8 Å². The van der Waals surface area contributed by atoms with Gasteiger partial charge in [-0.1, -0.05) is 48.6 Å². The number of para-hydroxylation sites is 2. The van der Waals surface area contributed by atoms with E-state index in [0.717, 1.165) is 19.7 Å². The molecule has 2 aliphatic rings. The van der Waals surface area contributed by atoms with Crippen molar-refractivity contribution >= 4 is 23.5 Å². The van der Waals surface area contributed by atoms with Crippen LogP contribution in [0.15, 0.2) is 48.5 Å². The summed E-state index contributed by atoms with van der Waals surface area (Å²) in [5, 5.41) is 3.52. The number of hydrogen-bond acceptors (Lipinski definition) is 3. The average Bonchev–Trinajstić information content (AvgIpc) is 2.75. The summed E-state index contributed by atoms with van der Waals surface area (Å²) in [7, 11) is 0. The van der Waals surface area contributed by atoms with Gasteiger partial charge in [-0.25, -0.2) is 0 Å². The molecule has 2 unspecified atom stereocenters. The fourth-order valence-corrected chi connectivity index (χ4v) is 3.42. The SMILES string of the molecule is CC1NCCOC1CN1c2ccccc2C=Cc2ccccc21. The van der Waals surface area contributed by atoms with Crippen LogP contribution >= 0.6 is 0 Å². The molecule has 3 nitrogen and oxygen atoms in total. The zero-order valence-electron chi connectivity index (χ0n) is 13.4. The standard InChI is InChI=1S/C20H22N2O/c1-15-20(23-13-12-21-15)14-22-18-8-4-2-6-16(18)10-11-17-7-3-5-9-19(17)22/h2-11,15,20-21H,12-14H2,1H3. The molecule has 2 aromatic carbocycles. The van der Waals surface area contributed by atoms with Crippen molar-refractivity contribution in [3.8, 4) is 0 Å². The van der Waals surface area contributed by atoms with Crippen molar-refractivity contribution in [3.05, 3.63) is 59.7 Å². The van der Waals surface area contributed by atoms with Crippen LogP contribution in [0, 0.1) is 0 Å². The van der Waals surface area contributed by atoms with Crippen molar-refractivity contribution in [1.82, 2.24) is 5.32 Å². The summed E-state index contributed by atoms with van der Waals surface area (Å²) in [4.78, 5) is 2.40. The maximum Gasteiger partial charge on any atom is 0.0904 e. The molecular formula is C20H22N2O. The number of ether oxygens (including phenoxy) is 1. The number of anilines is 2. The quantitative estimate of drug-likeness (QED) is 0.916. The summed E-state index contributed by atoms with van der Waals surface area (Å²) in [6.45, 7) is 4.78. The van der Waals surface area contributed by atoms with Crippen molar-refractivity contribution < 1.29 is 4.74 Å². The fourth-order valence-electron chi connectivity index (χ4n) is 3.42. The van der Waals surface area contributed by atoms with Gasteiger partial charge in [0.2, 0.25) is 0 Å². The second kappa shape index (κ2) is 6.19. The minimum Gasteiger partial charge on any atom is -0.373 e. The van der Waals surface area contributed by atoms with Gasteiger partial charge < -0.3 is 15.0 Å². The lowest BCUT2D eigenvalue weighted by molar-refractivity contribution is 0.00741. The number of hydrogen-bond donors (Lipinski definition) is 1. The van der Waals surface area contributed by atoms with Gasteiger partial charge >= 0.3 is 0 Å². The Bertz CT molecular complexity index is 676. The smallest absolute Gasteiger partial charge is 0.0904 e. The summed E-state index contributed by atoms with van der Waals surface area (Å²) in [6.07, 6.45) is 4.60. The first-order valence-electron chi connectivity index (χ1n) is 8.31. The molecule has 2 aromatic rings. The Morgan fingerprint density at radius 3 is 2.22 bits per heavy atom. The highest BCUT2D eigenvalue weighted by molar-refractivity contribution is 5.88. The Labute approximate surface area is 137 Å². The highest BCUT2D eigenvalue weighted by Crippen LogP contribution is 2.36. The van der Waals surface area contributed by atoms with Crippen LogP contribution in [-0.4, -0.2) is 31.8 Å². The Kier molecular flexibility index (Phi) is 3.90. The van der Waals surface area contributed by atoms with Crippen LogP contribution in [0.2, 0.25) is 0 Å². The van der Waals surface area contributed by atoms with E-state index >= 15 is 0 Å². The largest absolute Gasteiger partial charge is 0.373 e. The summed E-state index contributed by atoms with van der Waals surface area (Å²) < 4.78 is 6.04. The summed E-state index contributed by atoms with van der Waals surface area (Å²) >= 11 is 0. The first kappa shape index (κ1) is 14.5. The minimum atomic E-state index is 0.183. The Morgan fingerprint density at radius 1 is 1.00 bits per heavy atom. The van der Waals surface area contributed by atoms with E-state index in [9.17, 15) is 0 Å². The van der Waals surface area contributed by atoms with Gasteiger partial charge in [-0.05, 0) is 30.2 Å². The van der Waals surface area contributed by atoms with Crippen LogP contribution in [0.25, 0.3) is 12.2 Å². The van der Waals surface area contributed by atoms with Gasteiger partial charge in [-0.15, -0.1) is 0 Å². The molecule has 0 bridgehead atoms. The Morgan fingerprint density at radius 2 is 1.61 bits per heavy atom. The summed E-state index contributed by atoms with van der Waals surface area (Å²) in [5.74, 6) is 0. The summed E-state index contributed by atoms with van der Waals surface area (Å²) in [6, 6.07) is 17.5. The predicted molar refractivity (Wildman–Crippen MR) is 96.0 cm³/mol. The average molecular weight is 306 g/mol. The number of morpholine rings is 1. The van der Waals surface area contributed by atoms with E-state index in [4.69, 9.17) is 4.74 Å². The van der Waals surface area contributed by atoms with Gasteiger partial charge in [0.05, 0.1) is 19.3 Å². The third-order valence-corrected chi connectivity index (χ3v) is 4.72. The molecule has 4 rings (SSSR count). The second-order valence-corrected chi connectivity index (χ2v) is 6.21. The number of nitrogens with zero attached hydrogens (tertiary/aromatic N) is 1. The van der Waals surface area contributed by atoms with Gasteiger partial charge in [0, 0.05) is 24.0 Å². The van der Waals surface area contributed by atoms with Crippen LogP contribution in [0.1, 0.15) is 18.1 Å². The van der Waals surface area contributed by atoms with Crippen LogP contribution in [0.5, 0.6) is 0 Å². The van der Waals surface area contributed by atoms with Crippen molar-refractivity contribution in [1.29, 1.82) is 0 Å². The lowest BCUT2D eigenvalue weighted by Gasteiger charge is -2.36. The van der Waals surface area contributed by atoms with Gasteiger partial charge in [0.25, 0.3) is 0 Å². The van der Waals surface area contributed by atoms with Crippen molar-refractivity contribution in [2.24, 2.45) is 0 Å². The van der Waals surface area contributed by atoms with Crippen molar-refractivity contribution in [2.75, 3.05) is 24.6 Å². The number of benzene rings is 2. The third-order valence-electron chi connectivity index (χ3n) is 4.72. The molecule has 0 radical (unpaired) electrons. The molecule has 1 saturated heterocycles. The normalized spacial score (nSPS) is 23.1. The molecule has 0 amide bonds. The molecule has 2 heterocycles. The molecule has 0 aromatic heterocycles. The van der Waals surface area contributed by atoms with Gasteiger partial charge in [0.1, 0.15) is 0 Å². The summed E-state index contributed by atoms with van der Waals surface area (Å²) in [5.41, 5.74) is 4.99. The molecule has 0 saturated carbocycles. The first-order valence-corrected chi connectivity index (χ1v) is 8.31. The maximum absolute atomic E-state index is 6.04. The molecule has 2 aliphatic heterocycles. The highest BCUT2D eigenvalue weighted by atomic mass is 16.5. The van der Waals surface area contributed by atoms with Crippen molar-refractivity contribution in [3.63, 3.8) is 0 Å². The van der Waals surface area contributed by atoms with E-state index in [1.165, 1.54) is 22.5 Å². The fraction of sp³-hybridized carbons (Fsp3) is 0.300. The number of rotatable bonds is 2. The van der Waals surface area contributed by atoms with Crippen LogP contribution in [0.3, 0.4) is 0 Å². The molecule has 1 N–H and O–H groups in total. The van der Waals surface area contributed by atoms with E-state index in [1.807, 2.05) is 0 Å². The lowest BCUT2D eigenvalue weighted by atomic mass is 10.1. The van der Waals surface area contributed by atoms with Gasteiger partial charge in [0.15, 0.2) is 0 Å². The Hall–Kier alpha value is -2.10. The van der Waals surface area contributed by atoms with Gasteiger partial charge in [-0.2, -0.15) is 0 Å².